The lowest BCUT2D eigenvalue weighted by Gasteiger charge is -2.11. The van der Waals surface area contributed by atoms with Crippen LogP contribution in [0.3, 0.4) is 0 Å². The van der Waals surface area contributed by atoms with Crippen LogP contribution in [0.5, 0.6) is 11.5 Å². The molecule has 0 aliphatic rings. The van der Waals surface area contributed by atoms with E-state index in [0.717, 1.165) is 24.3 Å². The second-order valence-corrected chi connectivity index (χ2v) is 5.50. The van der Waals surface area contributed by atoms with Gasteiger partial charge in [-0.1, -0.05) is 24.3 Å². The first kappa shape index (κ1) is 16.4. The number of nitrogens with two attached hydrogens (primary N) is 1. The third-order valence-electron chi connectivity index (χ3n) is 3.51. The van der Waals surface area contributed by atoms with E-state index >= 15 is 0 Å². The van der Waals surface area contributed by atoms with Gasteiger partial charge in [-0.3, -0.25) is 0 Å². The molecule has 0 bridgehead atoms. The van der Waals surface area contributed by atoms with E-state index in [0.29, 0.717) is 19.8 Å². The van der Waals surface area contributed by atoms with Crippen LogP contribution in [0.25, 0.3) is 0 Å². The molecule has 2 rings (SSSR count). The van der Waals surface area contributed by atoms with E-state index in [1.54, 1.807) is 0 Å². The number of hydrogen-bond acceptors (Lipinski definition) is 3. The molecular weight excluding hydrogens is 274 g/mol. The molecule has 0 aromatic heterocycles. The Hall–Kier alpha value is -2.00. The van der Waals surface area contributed by atoms with Gasteiger partial charge in [0.1, 0.15) is 11.5 Å². The largest absolute Gasteiger partial charge is 0.493 e. The molecule has 0 radical (unpaired) electrons. The molecule has 2 aromatic rings. The molecule has 22 heavy (non-hydrogen) atoms. The van der Waals surface area contributed by atoms with E-state index in [1.165, 1.54) is 16.7 Å². The van der Waals surface area contributed by atoms with Gasteiger partial charge in [0, 0.05) is 6.42 Å². The summed E-state index contributed by atoms with van der Waals surface area (Å²) in [7, 11) is 0. The Morgan fingerprint density at radius 1 is 0.909 bits per heavy atom. The summed E-state index contributed by atoms with van der Waals surface area (Å²) in [4.78, 5) is 0. The Kier molecular flexibility index (Phi) is 6.28. The Labute approximate surface area is 133 Å². The molecule has 0 spiro atoms. The summed E-state index contributed by atoms with van der Waals surface area (Å²) < 4.78 is 11.5. The van der Waals surface area contributed by atoms with Crippen LogP contribution in [0.2, 0.25) is 0 Å². The molecule has 0 saturated carbocycles. The smallest absolute Gasteiger partial charge is 0.122 e. The van der Waals surface area contributed by atoms with Crippen molar-refractivity contribution in [1.82, 2.24) is 0 Å². The highest BCUT2D eigenvalue weighted by molar-refractivity contribution is 5.35. The summed E-state index contributed by atoms with van der Waals surface area (Å²) in [5, 5.41) is 0. The minimum absolute atomic E-state index is 0.654. The summed E-state index contributed by atoms with van der Waals surface area (Å²) in [6.07, 6.45) is 1.77. The van der Waals surface area contributed by atoms with Crippen molar-refractivity contribution < 1.29 is 9.47 Å². The van der Waals surface area contributed by atoms with E-state index in [9.17, 15) is 0 Å². The van der Waals surface area contributed by atoms with E-state index in [-0.39, 0.29) is 0 Å². The van der Waals surface area contributed by atoms with Crippen LogP contribution in [0.4, 0.5) is 0 Å². The van der Waals surface area contributed by atoms with E-state index in [1.807, 2.05) is 12.1 Å². The maximum absolute atomic E-state index is 5.81. The van der Waals surface area contributed by atoms with Crippen LogP contribution in [0, 0.1) is 13.8 Å². The van der Waals surface area contributed by atoms with Crippen molar-refractivity contribution in [2.24, 2.45) is 5.73 Å². The predicted octanol–water partition coefficient (Wildman–Crippen LogP) is 3.65. The average molecular weight is 299 g/mol. The van der Waals surface area contributed by atoms with Gasteiger partial charge in [-0.05, 0) is 61.7 Å². The predicted molar refractivity (Wildman–Crippen MR) is 90.7 cm³/mol. The summed E-state index contributed by atoms with van der Waals surface area (Å²) in [5.41, 5.74) is 9.16. The van der Waals surface area contributed by atoms with Gasteiger partial charge in [0.25, 0.3) is 0 Å². The van der Waals surface area contributed by atoms with Crippen LogP contribution < -0.4 is 15.2 Å². The Morgan fingerprint density at radius 2 is 1.64 bits per heavy atom. The van der Waals surface area contributed by atoms with Crippen LogP contribution >= 0.6 is 0 Å². The molecule has 3 nitrogen and oxygen atoms in total. The van der Waals surface area contributed by atoms with Crippen molar-refractivity contribution in [3.63, 3.8) is 0 Å². The monoisotopic (exact) mass is 299 g/mol. The first-order chi connectivity index (χ1) is 10.7. The molecule has 0 atom stereocenters. The van der Waals surface area contributed by atoms with Gasteiger partial charge in [-0.15, -0.1) is 0 Å². The number of rotatable bonds is 8. The normalized spacial score (nSPS) is 10.5. The number of hydrogen-bond donors (Lipinski definition) is 1. The fourth-order valence-electron chi connectivity index (χ4n) is 2.21. The lowest BCUT2D eigenvalue weighted by atomic mass is 10.1. The highest BCUT2D eigenvalue weighted by Gasteiger charge is 2.00. The van der Waals surface area contributed by atoms with Gasteiger partial charge in [-0.25, -0.2) is 0 Å². The minimum atomic E-state index is 0.654. The Morgan fingerprint density at radius 3 is 2.36 bits per heavy atom. The molecule has 0 saturated heterocycles. The zero-order valence-corrected chi connectivity index (χ0v) is 13.5. The summed E-state index contributed by atoms with van der Waals surface area (Å²) in [6, 6.07) is 14.4. The first-order valence-corrected chi connectivity index (χ1v) is 7.81. The molecule has 0 fully saturated rings. The van der Waals surface area contributed by atoms with Crippen molar-refractivity contribution in [2.45, 2.75) is 26.7 Å². The highest BCUT2D eigenvalue weighted by Crippen LogP contribution is 2.19. The minimum Gasteiger partial charge on any atom is -0.493 e. The maximum Gasteiger partial charge on any atom is 0.122 e. The summed E-state index contributed by atoms with van der Waals surface area (Å²) in [5.74, 6) is 1.86. The van der Waals surface area contributed by atoms with Gasteiger partial charge in [0.15, 0.2) is 0 Å². The molecule has 2 aromatic carbocycles. The number of ether oxygens (including phenoxy) is 2. The number of benzene rings is 2. The van der Waals surface area contributed by atoms with Crippen molar-refractivity contribution in [1.29, 1.82) is 0 Å². The summed E-state index contributed by atoms with van der Waals surface area (Å²) in [6.45, 7) is 6.13. The molecular formula is C19H25NO2. The number of aryl methyl sites for hydroxylation is 2. The van der Waals surface area contributed by atoms with Gasteiger partial charge in [0.2, 0.25) is 0 Å². The molecule has 2 N–H and O–H groups in total. The van der Waals surface area contributed by atoms with Crippen LogP contribution in [-0.2, 0) is 6.42 Å². The molecule has 0 heterocycles. The third kappa shape index (κ3) is 5.08. The molecule has 0 unspecified atom stereocenters. The van der Waals surface area contributed by atoms with Gasteiger partial charge >= 0.3 is 0 Å². The average Bonchev–Trinajstić information content (AvgIpc) is 2.52. The van der Waals surface area contributed by atoms with Crippen molar-refractivity contribution >= 4 is 0 Å². The molecule has 3 heteroatoms. The topological polar surface area (TPSA) is 44.5 Å². The van der Waals surface area contributed by atoms with E-state index in [2.05, 4.69) is 44.2 Å². The lowest BCUT2D eigenvalue weighted by Crippen LogP contribution is -2.06. The van der Waals surface area contributed by atoms with Gasteiger partial charge < -0.3 is 15.2 Å². The van der Waals surface area contributed by atoms with Crippen LogP contribution in [-0.4, -0.2) is 19.8 Å². The quantitative estimate of drug-likeness (QED) is 0.757. The SMILES string of the molecule is Cc1ccc(C)c(OCCCOc2ccc(CCN)cc2)c1. The molecule has 0 aliphatic heterocycles. The Bertz CT molecular complexity index is 578. The van der Waals surface area contributed by atoms with Crippen molar-refractivity contribution in [3.05, 3.63) is 59.2 Å². The van der Waals surface area contributed by atoms with Crippen molar-refractivity contribution in [2.75, 3.05) is 19.8 Å². The molecule has 0 aliphatic carbocycles. The summed E-state index contributed by atoms with van der Waals surface area (Å²) >= 11 is 0. The standard InChI is InChI=1S/C19H25NO2/c1-15-4-5-16(2)19(14-15)22-13-3-12-21-18-8-6-17(7-9-18)10-11-20/h4-9,14H,3,10-13,20H2,1-2H3. The van der Waals surface area contributed by atoms with E-state index in [4.69, 9.17) is 15.2 Å². The van der Waals surface area contributed by atoms with Gasteiger partial charge in [0.05, 0.1) is 13.2 Å². The van der Waals surface area contributed by atoms with E-state index < -0.39 is 0 Å². The lowest BCUT2D eigenvalue weighted by molar-refractivity contribution is 0.246. The van der Waals surface area contributed by atoms with Crippen LogP contribution in [0.1, 0.15) is 23.1 Å². The fraction of sp³-hybridized carbons (Fsp3) is 0.368. The zero-order chi connectivity index (χ0) is 15.8. The molecule has 0 amide bonds. The van der Waals surface area contributed by atoms with Crippen molar-refractivity contribution in [3.8, 4) is 11.5 Å². The third-order valence-corrected chi connectivity index (χ3v) is 3.51. The van der Waals surface area contributed by atoms with Crippen LogP contribution in [0.15, 0.2) is 42.5 Å². The Balaban J connectivity index is 1.69. The first-order valence-electron chi connectivity index (χ1n) is 7.81. The highest BCUT2D eigenvalue weighted by atomic mass is 16.5. The second kappa shape index (κ2) is 8.44. The van der Waals surface area contributed by atoms with Gasteiger partial charge in [-0.2, -0.15) is 0 Å². The second-order valence-electron chi connectivity index (χ2n) is 5.50. The zero-order valence-electron chi connectivity index (χ0n) is 13.5. The maximum atomic E-state index is 5.81. The fourth-order valence-corrected chi connectivity index (χ4v) is 2.21. The molecule has 118 valence electrons.